The van der Waals surface area contributed by atoms with Crippen molar-refractivity contribution < 1.29 is 22.6 Å². The van der Waals surface area contributed by atoms with Gasteiger partial charge in [0, 0.05) is 11.6 Å². The van der Waals surface area contributed by atoms with E-state index in [4.69, 9.17) is 4.74 Å². The Hall–Kier alpha value is -2.31. The van der Waals surface area contributed by atoms with Crippen molar-refractivity contribution in [2.45, 2.75) is 20.2 Å². The van der Waals surface area contributed by atoms with Crippen molar-refractivity contribution in [3.05, 3.63) is 35.8 Å². The summed E-state index contributed by atoms with van der Waals surface area (Å²) >= 11 is 0. The van der Waals surface area contributed by atoms with Crippen LogP contribution in [-0.2, 0) is 0 Å². The number of aromatic nitrogens is 2. The molecule has 0 fully saturated rings. The molecule has 0 amide bonds. The van der Waals surface area contributed by atoms with Crippen molar-refractivity contribution in [1.82, 2.24) is 9.97 Å². The van der Waals surface area contributed by atoms with Crippen LogP contribution in [0.3, 0.4) is 0 Å². The molecule has 0 unspecified atom stereocenters. The van der Waals surface area contributed by atoms with Crippen molar-refractivity contribution in [3.8, 4) is 22.8 Å². The number of benzene rings is 1. The van der Waals surface area contributed by atoms with Crippen molar-refractivity contribution in [1.29, 1.82) is 0 Å². The predicted octanol–water partition coefficient (Wildman–Crippen LogP) is 3.67. The fraction of sp³-hybridized carbons (Fsp3) is 0.286. The summed E-state index contributed by atoms with van der Waals surface area (Å²) in [6.45, 7) is 3.63. The van der Waals surface area contributed by atoms with Crippen LogP contribution in [0.4, 0.5) is 13.2 Å². The topological polar surface area (TPSA) is 44.2 Å². The lowest BCUT2D eigenvalue weighted by atomic mass is 10.1. The monoisotopic (exact) mass is 298 g/mol. The molecule has 0 saturated carbocycles. The van der Waals surface area contributed by atoms with Gasteiger partial charge in [-0.15, -0.1) is 13.2 Å². The van der Waals surface area contributed by atoms with Gasteiger partial charge in [0.05, 0.1) is 30.4 Å². The van der Waals surface area contributed by atoms with Crippen molar-refractivity contribution in [3.63, 3.8) is 0 Å². The van der Waals surface area contributed by atoms with Gasteiger partial charge in [-0.3, -0.25) is 4.98 Å². The minimum atomic E-state index is -4.74. The molecule has 0 radical (unpaired) electrons. The summed E-state index contributed by atoms with van der Waals surface area (Å²) in [7, 11) is 1.37. The second-order valence-electron chi connectivity index (χ2n) is 4.34. The van der Waals surface area contributed by atoms with Gasteiger partial charge in [0.1, 0.15) is 11.5 Å². The van der Waals surface area contributed by atoms with Gasteiger partial charge in [0.15, 0.2) is 0 Å². The second kappa shape index (κ2) is 5.59. The highest BCUT2D eigenvalue weighted by Crippen LogP contribution is 2.34. The minimum absolute atomic E-state index is 0.231. The molecule has 1 aromatic heterocycles. The van der Waals surface area contributed by atoms with Gasteiger partial charge in [-0.25, -0.2) is 4.98 Å². The lowest BCUT2D eigenvalue weighted by Gasteiger charge is -2.13. The lowest BCUT2D eigenvalue weighted by molar-refractivity contribution is -0.274. The van der Waals surface area contributed by atoms with E-state index in [9.17, 15) is 13.2 Å². The summed E-state index contributed by atoms with van der Waals surface area (Å²) in [6.07, 6.45) is -3.20. The number of hydrogen-bond donors (Lipinski definition) is 0. The van der Waals surface area contributed by atoms with Gasteiger partial charge >= 0.3 is 6.36 Å². The molecule has 4 nitrogen and oxygen atoms in total. The summed E-state index contributed by atoms with van der Waals surface area (Å²) in [4.78, 5) is 8.53. The number of rotatable bonds is 3. The average molecular weight is 298 g/mol. The van der Waals surface area contributed by atoms with E-state index in [-0.39, 0.29) is 11.5 Å². The Bertz CT molecular complexity index is 657. The van der Waals surface area contributed by atoms with Crippen LogP contribution >= 0.6 is 0 Å². The van der Waals surface area contributed by atoms with Crippen LogP contribution in [0.25, 0.3) is 11.3 Å². The summed E-state index contributed by atoms with van der Waals surface area (Å²) in [5.74, 6) is -0.116. The molecule has 21 heavy (non-hydrogen) atoms. The molecule has 112 valence electrons. The standard InChI is InChI=1S/C14H13F3N2O2/c1-8-9(2)19-12(7-18-8)11-5-4-10(6-13(11)20-3)21-14(15,16)17/h4-7H,1-3H3. The predicted molar refractivity (Wildman–Crippen MR) is 70.2 cm³/mol. The SMILES string of the molecule is COc1cc(OC(F)(F)F)ccc1-c1cnc(C)c(C)n1. The average Bonchev–Trinajstić information content (AvgIpc) is 2.40. The molecule has 0 aliphatic heterocycles. The summed E-state index contributed by atoms with van der Waals surface area (Å²) in [6, 6.07) is 3.83. The molecule has 2 rings (SSSR count). The summed E-state index contributed by atoms with van der Waals surface area (Å²) in [5, 5.41) is 0. The third-order valence-corrected chi connectivity index (χ3v) is 2.87. The Labute approximate surface area is 119 Å². The van der Waals surface area contributed by atoms with Crippen molar-refractivity contribution in [2.75, 3.05) is 7.11 Å². The van der Waals surface area contributed by atoms with Gasteiger partial charge < -0.3 is 9.47 Å². The Morgan fingerprint density at radius 3 is 2.38 bits per heavy atom. The highest BCUT2D eigenvalue weighted by Gasteiger charge is 2.31. The lowest BCUT2D eigenvalue weighted by Crippen LogP contribution is -2.17. The third-order valence-electron chi connectivity index (χ3n) is 2.87. The van der Waals surface area contributed by atoms with Gasteiger partial charge in [-0.1, -0.05) is 0 Å². The van der Waals surface area contributed by atoms with Crippen LogP contribution in [0.2, 0.25) is 0 Å². The first kappa shape index (κ1) is 15.1. The number of alkyl halides is 3. The van der Waals surface area contributed by atoms with Gasteiger partial charge in [-0.2, -0.15) is 0 Å². The number of aryl methyl sites for hydroxylation is 2. The maximum atomic E-state index is 12.2. The number of halogens is 3. The van der Waals surface area contributed by atoms with Crippen molar-refractivity contribution in [2.24, 2.45) is 0 Å². The molecular weight excluding hydrogens is 285 g/mol. The third kappa shape index (κ3) is 3.62. The van der Waals surface area contributed by atoms with E-state index < -0.39 is 6.36 Å². The van der Waals surface area contributed by atoms with Crippen LogP contribution in [0.15, 0.2) is 24.4 Å². The molecule has 7 heteroatoms. The molecule has 0 atom stereocenters. The van der Waals surface area contributed by atoms with E-state index in [1.54, 1.807) is 13.1 Å². The number of ether oxygens (including phenoxy) is 2. The zero-order chi connectivity index (χ0) is 15.6. The van der Waals surface area contributed by atoms with Gasteiger partial charge in [0.25, 0.3) is 0 Å². The van der Waals surface area contributed by atoms with Crippen LogP contribution < -0.4 is 9.47 Å². The highest BCUT2D eigenvalue weighted by molar-refractivity contribution is 5.68. The Balaban J connectivity index is 2.42. The number of nitrogens with zero attached hydrogens (tertiary/aromatic N) is 2. The molecule has 0 aliphatic carbocycles. The highest BCUT2D eigenvalue weighted by atomic mass is 19.4. The van der Waals surface area contributed by atoms with Gasteiger partial charge in [0.2, 0.25) is 0 Å². The second-order valence-corrected chi connectivity index (χ2v) is 4.34. The van der Waals surface area contributed by atoms with E-state index in [2.05, 4.69) is 14.7 Å². The van der Waals surface area contributed by atoms with Crippen LogP contribution in [-0.4, -0.2) is 23.4 Å². The fourth-order valence-electron chi connectivity index (χ4n) is 1.75. The molecule has 2 aromatic rings. The van der Waals surface area contributed by atoms with E-state index in [1.165, 1.54) is 25.3 Å². The van der Waals surface area contributed by atoms with Crippen LogP contribution in [0.1, 0.15) is 11.4 Å². The molecule has 0 bridgehead atoms. The minimum Gasteiger partial charge on any atom is -0.496 e. The largest absolute Gasteiger partial charge is 0.573 e. The van der Waals surface area contributed by atoms with E-state index in [0.29, 0.717) is 11.3 Å². The summed E-state index contributed by atoms with van der Waals surface area (Å²) < 4.78 is 45.6. The Kier molecular flexibility index (Phi) is 4.02. The maximum Gasteiger partial charge on any atom is 0.573 e. The summed E-state index contributed by atoms with van der Waals surface area (Å²) in [5.41, 5.74) is 2.59. The Morgan fingerprint density at radius 2 is 1.81 bits per heavy atom. The number of hydrogen-bond acceptors (Lipinski definition) is 4. The number of methoxy groups -OCH3 is 1. The quantitative estimate of drug-likeness (QED) is 0.867. The zero-order valence-corrected chi connectivity index (χ0v) is 11.7. The van der Waals surface area contributed by atoms with Crippen LogP contribution in [0, 0.1) is 13.8 Å². The first-order chi connectivity index (χ1) is 9.80. The molecule has 0 N–H and O–H groups in total. The molecular formula is C14H13F3N2O2. The molecule has 0 spiro atoms. The molecule has 1 heterocycles. The maximum absolute atomic E-state index is 12.2. The van der Waals surface area contributed by atoms with E-state index in [1.807, 2.05) is 6.92 Å². The van der Waals surface area contributed by atoms with Crippen molar-refractivity contribution >= 4 is 0 Å². The first-order valence-corrected chi connectivity index (χ1v) is 6.04. The van der Waals surface area contributed by atoms with Gasteiger partial charge in [-0.05, 0) is 26.0 Å². The fourth-order valence-corrected chi connectivity index (χ4v) is 1.75. The van der Waals surface area contributed by atoms with E-state index >= 15 is 0 Å². The Morgan fingerprint density at radius 1 is 1.10 bits per heavy atom. The smallest absolute Gasteiger partial charge is 0.496 e. The van der Waals surface area contributed by atoms with Crippen LogP contribution in [0.5, 0.6) is 11.5 Å². The first-order valence-electron chi connectivity index (χ1n) is 6.04. The zero-order valence-electron chi connectivity index (χ0n) is 11.7. The molecule has 1 aromatic carbocycles. The molecule has 0 aliphatic rings. The molecule has 0 saturated heterocycles. The normalized spacial score (nSPS) is 11.3. The van der Waals surface area contributed by atoms with E-state index in [0.717, 1.165) is 11.4 Å².